The molecule has 4 unspecified atom stereocenters. The highest BCUT2D eigenvalue weighted by atomic mass is 15.4. The lowest BCUT2D eigenvalue weighted by Gasteiger charge is -2.53. The van der Waals surface area contributed by atoms with Crippen LogP contribution in [0.3, 0.4) is 0 Å². The fraction of sp³-hybridized carbons (Fsp3) is 1.00. The number of piperidine rings is 2. The van der Waals surface area contributed by atoms with Crippen molar-refractivity contribution in [1.82, 2.24) is 10.6 Å². The maximum absolute atomic E-state index is 9.59. The first-order valence-corrected chi connectivity index (χ1v) is 4.79. The molecule has 3 aliphatic rings. The van der Waals surface area contributed by atoms with Crippen LogP contribution in [0.4, 0.5) is 0 Å². The van der Waals surface area contributed by atoms with Gasteiger partial charge in [0.25, 0.3) is 0 Å². The normalized spacial score (nSPS) is 51.2. The molecule has 0 radical (unpaired) electrons. The summed E-state index contributed by atoms with van der Waals surface area (Å²) in [6, 6.07) is 0.376. The minimum absolute atomic E-state index is 0.260. The summed E-state index contributed by atoms with van der Waals surface area (Å²) >= 11 is 0. The molecule has 0 aliphatic carbocycles. The zero-order valence-electron chi connectivity index (χ0n) is 7.03. The molecule has 0 saturated carbocycles. The minimum atomic E-state index is 0.260. The first kappa shape index (κ1) is 6.97. The highest BCUT2D eigenvalue weighted by Gasteiger charge is 2.57. The molecule has 0 spiro atoms. The zero-order chi connectivity index (χ0) is 8.13. The lowest BCUT2D eigenvalue weighted by molar-refractivity contribution is -0.716. The summed E-state index contributed by atoms with van der Waals surface area (Å²) in [4.78, 5) is 0. The molecule has 0 aromatic rings. The molecule has 4 nitrogen and oxygen atoms in total. The molecule has 0 aromatic heterocycles. The van der Waals surface area contributed by atoms with Crippen molar-refractivity contribution >= 4 is 0 Å². The molecule has 3 heterocycles. The van der Waals surface area contributed by atoms with Gasteiger partial charge in [-0.1, -0.05) is 0 Å². The lowest BCUT2D eigenvalue weighted by atomic mass is 9.71. The SMILES string of the molecule is [N-]=[N+]1C2CNCC3CCNC1C32. The molecule has 3 rings (SSSR count). The van der Waals surface area contributed by atoms with Crippen LogP contribution >= 0.6 is 0 Å². The number of hydrogen-bond acceptors (Lipinski definition) is 2. The third kappa shape index (κ3) is 0.696. The Morgan fingerprint density at radius 1 is 1.33 bits per heavy atom. The topological polar surface area (TPSA) is 49.4 Å². The van der Waals surface area contributed by atoms with Gasteiger partial charge in [0.15, 0.2) is 6.04 Å². The van der Waals surface area contributed by atoms with Gasteiger partial charge < -0.3 is 15.5 Å². The van der Waals surface area contributed by atoms with Crippen molar-refractivity contribution in [3.05, 3.63) is 5.53 Å². The van der Waals surface area contributed by atoms with Gasteiger partial charge in [0.05, 0.1) is 6.54 Å². The summed E-state index contributed by atoms with van der Waals surface area (Å²) in [5, 5.41) is 6.72. The smallest absolute Gasteiger partial charge is 0.205 e. The van der Waals surface area contributed by atoms with Crippen molar-refractivity contribution in [3.63, 3.8) is 0 Å². The largest absolute Gasteiger partial charge is 0.505 e. The first-order valence-electron chi connectivity index (χ1n) is 4.79. The first-order chi connectivity index (χ1) is 5.88. The van der Waals surface area contributed by atoms with Crippen LogP contribution < -0.4 is 10.6 Å². The highest BCUT2D eigenvalue weighted by molar-refractivity contribution is 4.97. The van der Waals surface area contributed by atoms with Crippen LogP contribution in [0.2, 0.25) is 0 Å². The van der Waals surface area contributed by atoms with Gasteiger partial charge in [-0.15, -0.1) is 0 Å². The maximum Gasteiger partial charge on any atom is 0.205 e. The number of nitrogens with zero attached hydrogens (tertiary/aromatic N) is 2. The third-order valence-electron chi connectivity index (χ3n) is 3.61. The summed E-state index contributed by atoms with van der Waals surface area (Å²) in [6.45, 7) is 3.15. The Labute approximate surface area is 71.8 Å². The summed E-state index contributed by atoms with van der Waals surface area (Å²) in [5.74, 6) is 1.49. The fourth-order valence-corrected chi connectivity index (χ4v) is 2.96. The molecule has 0 bridgehead atoms. The van der Waals surface area contributed by atoms with Crippen molar-refractivity contribution < 1.29 is 4.70 Å². The van der Waals surface area contributed by atoms with Gasteiger partial charge in [0.1, 0.15) is 5.92 Å². The van der Waals surface area contributed by atoms with Gasteiger partial charge in [-0.2, -0.15) is 0 Å². The van der Waals surface area contributed by atoms with Crippen LogP contribution in [0.1, 0.15) is 6.42 Å². The van der Waals surface area contributed by atoms with E-state index >= 15 is 0 Å². The van der Waals surface area contributed by atoms with Gasteiger partial charge in [-0.05, 0) is 18.9 Å². The fourth-order valence-electron chi connectivity index (χ4n) is 2.96. The van der Waals surface area contributed by atoms with Gasteiger partial charge in [0.2, 0.25) is 6.17 Å². The van der Waals surface area contributed by atoms with Crippen molar-refractivity contribution in [2.75, 3.05) is 19.6 Å². The Morgan fingerprint density at radius 2 is 2.25 bits per heavy atom. The third-order valence-corrected chi connectivity index (χ3v) is 3.61. The molecule has 3 fully saturated rings. The van der Waals surface area contributed by atoms with Gasteiger partial charge in [0, 0.05) is 6.54 Å². The molecule has 66 valence electrons. The van der Waals surface area contributed by atoms with Gasteiger partial charge in [-0.25, -0.2) is 0 Å². The van der Waals surface area contributed by atoms with E-state index in [1.165, 1.54) is 11.1 Å². The second kappa shape index (κ2) is 2.26. The molecule has 0 amide bonds. The zero-order valence-corrected chi connectivity index (χ0v) is 7.03. The molecular weight excluding hydrogens is 152 g/mol. The van der Waals surface area contributed by atoms with Crippen molar-refractivity contribution in [2.45, 2.75) is 18.6 Å². The summed E-state index contributed by atoms with van der Waals surface area (Å²) in [5.41, 5.74) is 9.59. The molecule has 2 N–H and O–H groups in total. The van der Waals surface area contributed by atoms with Crippen LogP contribution in [0.15, 0.2) is 0 Å². The van der Waals surface area contributed by atoms with Crippen LogP contribution in [-0.4, -0.2) is 36.5 Å². The van der Waals surface area contributed by atoms with Gasteiger partial charge in [-0.3, -0.25) is 5.32 Å². The molecule has 12 heavy (non-hydrogen) atoms. The van der Waals surface area contributed by atoms with E-state index in [4.69, 9.17) is 0 Å². The number of nitrogens with one attached hydrogen (secondary N) is 2. The monoisotopic (exact) mass is 166 g/mol. The summed E-state index contributed by atoms with van der Waals surface area (Å²) in [7, 11) is 0. The molecular formula is C8H14N4. The Bertz CT molecular complexity index is 207. The van der Waals surface area contributed by atoms with Crippen molar-refractivity contribution in [1.29, 1.82) is 0 Å². The quantitative estimate of drug-likeness (QED) is 0.479. The van der Waals surface area contributed by atoms with E-state index in [1.807, 2.05) is 0 Å². The average Bonchev–Trinajstić information content (AvgIpc) is 2.16. The lowest BCUT2D eigenvalue weighted by Crippen LogP contribution is -2.73. The Morgan fingerprint density at radius 3 is 3.17 bits per heavy atom. The minimum Gasteiger partial charge on any atom is -0.505 e. The standard InChI is InChI=1S/C8H14N4/c9-12-6-4-10-3-5-1-2-11-8(12)7(5)6/h5-8,10-11H,1-4H2. The Hall–Kier alpha value is -0.480. The number of hydrogen-bond donors (Lipinski definition) is 2. The molecule has 4 atom stereocenters. The van der Waals surface area contributed by atoms with E-state index < -0.39 is 0 Å². The Balaban J connectivity index is 1.87. The van der Waals surface area contributed by atoms with Crippen LogP contribution in [0.25, 0.3) is 5.53 Å². The summed E-state index contributed by atoms with van der Waals surface area (Å²) < 4.78 is 1.49. The second-order valence-electron chi connectivity index (χ2n) is 4.13. The molecule has 0 aromatic carbocycles. The van der Waals surface area contributed by atoms with Crippen molar-refractivity contribution in [2.24, 2.45) is 11.8 Å². The highest BCUT2D eigenvalue weighted by Crippen LogP contribution is 2.38. The predicted octanol–water partition coefficient (Wildman–Crippen LogP) is -0.442. The van der Waals surface area contributed by atoms with E-state index in [1.54, 1.807) is 0 Å². The van der Waals surface area contributed by atoms with Crippen molar-refractivity contribution in [3.8, 4) is 0 Å². The van der Waals surface area contributed by atoms with E-state index in [2.05, 4.69) is 10.6 Å². The van der Waals surface area contributed by atoms with Crippen LogP contribution in [0, 0.1) is 11.8 Å². The second-order valence-corrected chi connectivity index (χ2v) is 4.13. The van der Waals surface area contributed by atoms with E-state index in [-0.39, 0.29) is 6.17 Å². The number of rotatable bonds is 0. The van der Waals surface area contributed by atoms with E-state index in [0.29, 0.717) is 12.0 Å². The maximum atomic E-state index is 9.59. The Kier molecular flexibility index (Phi) is 1.32. The summed E-state index contributed by atoms with van der Waals surface area (Å²) in [6.07, 6.45) is 1.52. The van der Waals surface area contributed by atoms with Gasteiger partial charge >= 0.3 is 0 Å². The van der Waals surface area contributed by atoms with E-state index in [0.717, 1.165) is 25.6 Å². The van der Waals surface area contributed by atoms with E-state index in [9.17, 15) is 5.53 Å². The van der Waals surface area contributed by atoms with Crippen LogP contribution in [0.5, 0.6) is 0 Å². The average molecular weight is 166 g/mol. The van der Waals surface area contributed by atoms with Crippen LogP contribution in [-0.2, 0) is 0 Å². The predicted molar refractivity (Wildman–Crippen MR) is 43.7 cm³/mol. The molecule has 3 saturated heterocycles. The molecule has 4 heteroatoms. The molecule has 3 aliphatic heterocycles.